The highest BCUT2D eigenvalue weighted by Crippen LogP contribution is 2.16. The Kier molecular flexibility index (Phi) is 49.4. The Morgan fingerprint density at radius 2 is 0.619 bits per heavy atom. The van der Waals surface area contributed by atoms with Crippen molar-refractivity contribution in [3.8, 4) is 0 Å². The summed E-state index contributed by atoms with van der Waals surface area (Å²) < 4.78 is 16.8. The number of rotatable bonds is 48. The van der Waals surface area contributed by atoms with E-state index >= 15 is 0 Å². The summed E-state index contributed by atoms with van der Waals surface area (Å²) in [7, 11) is 0. The summed E-state index contributed by atoms with van der Waals surface area (Å²) in [6, 6.07) is 0. The van der Waals surface area contributed by atoms with Crippen molar-refractivity contribution in [1.29, 1.82) is 0 Å². The summed E-state index contributed by atoms with van der Waals surface area (Å²) in [5.41, 5.74) is 0. The van der Waals surface area contributed by atoms with Crippen molar-refractivity contribution >= 4 is 17.9 Å². The van der Waals surface area contributed by atoms with Crippen LogP contribution in [0, 0.1) is 0 Å². The number of hydrogen-bond acceptors (Lipinski definition) is 6. The van der Waals surface area contributed by atoms with Crippen molar-refractivity contribution in [2.75, 3.05) is 13.2 Å². The second kappa shape index (κ2) is 51.7. The molecule has 364 valence electrons. The van der Waals surface area contributed by atoms with Crippen LogP contribution in [0.25, 0.3) is 0 Å². The molecule has 0 radical (unpaired) electrons. The second-order valence-corrected chi connectivity index (χ2v) is 17.8. The Morgan fingerprint density at radius 3 is 0.968 bits per heavy atom. The molecule has 1 unspecified atom stereocenters. The molecule has 6 heteroatoms. The van der Waals surface area contributed by atoms with Crippen molar-refractivity contribution in [1.82, 2.24) is 0 Å². The van der Waals surface area contributed by atoms with Crippen LogP contribution < -0.4 is 0 Å². The molecule has 0 rings (SSSR count). The third-order valence-electron chi connectivity index (χ3n) is 11.5. The predicted octanol–water partition coefficient (Wildman–Crippen LogP) is 17.6. The van der Waals surface area contributed by atoms with E-state index in [2.05, 4.69) is 81.5 Å². The van der Waals surface area contributed by atoms with Gasteiger partial charge in [0.15, 0.2) is 6.10 Å². The molecular weight excluding hydrogens is 781 g/mol. The Balaban J connectivity index is 4.29. The lowest BCUT2D eigenvalue weighted by Gasteiger charge is -2.18. The average molecular weight is 881 g/mol. The SMILES string of the molecule is CC/C=C\C/C=C\C/C=C\C/C=C\C/C=C\CCCCCCCC(=O)OCC(COC(=O)CCCCCCCCCC)OC(=O)CCCCCCCCCCCCCCCCCC. The first-order valence-corrected chi connectivity index (χ1v) is 26.8. The van der Waals surface area contributed by atoms with E-state index in [-0.39, 0.29) is 31.1 Å². The second-order valence-electron chi connectivity index (χ2n) is 17.8. The summed E-state index contributed by atoms with van der Waals surface area (Å²) in [6.07, 6.45) is 63.6. The van der Waals surface area contributed by atoms with Gasteiger partial charge in [0, 0.05) is 19.3 Å². The zero-order valence-electron chi connectivity index (χ0n) is 41.6. The number of ether oxygens (including phenoxy) is 3. The summed E-state index contributed by atoms with van der Waals surface area (Å²) in [5.74, 6) is -0.893. The van der Waals surface area contributed by atoms with Crippen molar-refractivity contribution in [3.63, 3.8) is 0 Å². The third kappa shape index (κ3) is 50.0. The summed E-state index contributed by atoms with van der Waals surface area (Å²) in [4.78, 5) is 37.9. The highest BCUT2D eigenvalue weighted by molar-refractivity contribution is 5.71. The van der Waals surface area contributed by atoms with Gasteiger partial charge in [0.05, 0.1) is 0 Å². The monoisotopic (exact) mass is 881 g/mol. The van der Waals surface area contributed by atoms with Gasteiger partial charge in [0.25, 0.3) is 0 Å². The van der Waals surface area contributed by atoms with Crippen molar-refractivity contribution in [2.45, 2.75) is 271 Å². The van der Waals surface area contributed by atoms with Gasteiger partial charge in [-0.3, -0.25) is 14.4 Å². The van der Waals surface area contributed by atoms with Crippen LogP contribution in [-0.2, 0) is 28.6 Å². The van der Waals surface area contributed by atoms with E-state index < -0.39 is 6.10 Å². The lowest BCUT2D eigenvalue weighted by Crippen LogP contribution is -2.30. The van der Waals surface area contributed by atoms with Gasteiger partial charge < -0.3 is 14.2 Å². The molecule has 6 nitrogen and oxygen atoms in total. The molecule has 0 aromatic heterocycles. The maximum atomic E-state index is 12.8. The van der Waals surface area contributed by atoms with Crippen LogP contribution in [0.5, 0.6) is 0 Å². The first kappa shape index (κ1) is 60.1. The fourth-order valence-electron chi connectivity index (χ4n) is 7.53. The molecule has 0 aromatic rings. The number of carbonyl (C=O) groups is 3. The Bertz CT molecular complexity index is 1150. The standard InChI is InChI=1S/C57H100O6/c1-4-7-10-13-16-19-21-23-25-27-28-29-30-31-33-34-36-38-41-44-47-50-56(59)62-53-54(52-61-55(58)49-46-43-40-18-15-12-9-6-3)63-57(60)51-48-45-42-39-37-35-32-26-24-22-20-17-14-11-8-5-2/h7,10,16,19,23,25,28-29,31,33,54H,4-6,8-9,11-15,17-18,20-22,24,26-27,30,32,34-53H2,1-3H3/b10-7-,19-16-,25-23-,29-28-,33-31-. The Morgan fingerprint density at radius 1 is 0.333 bits per heavy atom. The van der Waals surface area contributed by atoms with E-state index in [1.807, 2.05) is 0 Å². The van der Waals surface area contributed by atoms with Gasteiger partial charge in [0.1, 0.15) is 13.2 Å². The first-order valence-electron chi connectivity index (χ1n) is 26.8. The summed E-state index contributed by atoms with van der Waals surface area (Å²) in [5, 5.41) is 0. The minimum atomic E-state index is -0.777. The molecule has 0 aliphatic rings. The number of unbranched alkanes of at least 4 members (excludes halogenated alkanes) is 27. The minimum absolute atomic E-state index is 0.0777. The van der Waals surface area contributed by atoms with E-state index in [1.165, 1.54) is 116 Å². The Labute approximate surface area is 390 Å². The Hall–Kier alpha value is -2.89. The lowest BCUT2D eigenvalue weighted by atomic mass is 10.0. The molecule has 63 heavy (non-hydrogen) atoms. The van der Waals surface area contributed by atoms with Crippen LogP contribution in [0.15, 0.2) is 60.8 Å². The predicted molar refractivity (Wildman–Crippen MR) is 270 cm³/mol. The van der Waals surface area contributed by atoms with Crippen LogP contribution in [0.4, 0.5) is 0 Å². The molecule has 1 atom stereocenters. The maximum Gasteiger partial charge on any atom is 0.306 e. The zero-order chi connectivity index (χ0) is 45.8. The van der Waals surface area contributed by atoms with E-state index in [0.717, 1.165) is 109 Å². The first-order chi connectivity index (χ1) is 31.0. The van der Waals surface area contributed by atoms with E-state index in [0.29, 0.717) is 19.3 Å². The van der Waals surface area contributed by atoms with Gasteiger partial charge in [-0.25, -0.2) is 0 Å². The molecule has 0 spiro atoms. The van der Waals surface area contributed by atoms with Gasteiger partial charge in [-0.05, 0) is 64.2 Å². The average Bonchev–Trinajstić information content (AvgIpc) is 3.28. The normalized spacial score (nSPS) is 12.5. The molecule has 0 fully saturated rings. The highest BCUT2D eigenvalue weighted by Gasteiger charge is 2.19. The van der Waals surface area contributed by atoms with Crippen LogP contribution in [0.1, 0.15) is 265 Å². The van der Waals surface area contributed by atoms with Gasteiger partial charge in [-0.15, -0.1) is 0 Å². The maximum absolute atomic E-state index is 12.8. The molecule has 0 amide bonds. The molecule has 0 aromatic carbocycles. The van der Waals surface area contributed by atoms with Gasteiger partial charge in [0.2, 0.25) is 0 Å². The third-order valence-corrected chi connectivity index (χ3v) is 11.5. The van der Waals surface area contributed by atoms with Crippen LogP contribution in [0.2, 0.25) is 0 Å². The van der Waals surface area contributed by atoms with E-state index in [4.69, 9.17) is 14.2 Å². The topological polar surface area (TPSA) is 78.9 Å². The van der Waals surface area contributed by atoms with Gasteiger partial charge in [-0.2, -0.15) is 0 Å². The van der Waals surface area contributed by atoms with E-state index in [1.54, 1.807) is 0 Å². The van der Waals surface area contributed by atoms with Crippen LogP contribution in [-0.4, -0.2) is 37.2 Å². The van der Waals surface area contributed by atoms with E-state index in [9.17, 15) is 14.4 Å². The fraction of sp³-hybridized carbons (Fsp3) is 0.772. The molecular formula is C57H100O6. The molecule has 0 aliphatic carbocycles. The zero-order valence-corrected chi connectivity index (χ0v) is 41.6. The molecule has 0 bridgehead atoms. The minimum Gasteiger partial charge on any atom is -0.462 e. The summed E-state index contributed by atoms with van der Waals surface area (Å²) >= 11 is 0. The smallest absolute Gasteiger partial charge is 0.306 e. The van der Waals surface area contributed by atoms with Crippen LogP contribution in [0.3, 0.4) is 0 Å². The molecule has 0 aliphatic heterocycles. The van der Waals surface area contributed by atoms with Crippen molar-refractivity contribution < 1.29 is 28.6 Å². The van der Waals surface area contributed by atoms with Crippen molar-refractivity contribution in [2.24, 2.45) is 0 Å². The largest absolute Gasteiger partial charge is 0.462 e. The van der Waals surface area contributed by atoms with Gasteiger partial charge >= 0.3 is 17.9 Å². The number of carbonyl (C=O) groups excluding carboxylic acids is 3. The van der Waals surface area contributed by atoms with Crippen molar-refractivity contribution in [3.05, 3.63) is 60.8 Å². The molecule has 0 saturated heterocycles. The number of esters is 3. The van der Waals surface area contributed by atoms with Gasteiger partial charge in [-0.1, -0.05) is 242 Å². The highest BCUT2D eigenvalue weighted by atomic mass is 16.6. The molecule has 0 saturated carbocycles. The lowest BCUT2D eigenvalue weighted by molar-refractivity contribution is -0.167. The van der Waals surface area contributed by atoms with Crippen LogP contribution >= 0.6 is 0 Å². The number of allylic oxidation sites excluding steroid dienone is 10. The molecule has 0 heterocycles. The molecule has 0 N–H and O–H groups in total. The fourth-order valence-corrected chi connectivity index (χ4v) is 7.53. The number of hydrogen-bond donors (Lipinski definition) is 0. The summed E-state index contributed by atoms with van der Waals surface area (Å²) in [6.45, 7) is 6.50. The quantitative estimate of drug-likeness (QED) is 0.0262.